The first kappa shape index (κ1) is 17.3. The molecule has 0 N–H and O–H groups in total. The average Bonchev–Trinajstić information content (AvgIpc) is 2.50. The van der Waals surface area contributed by atoms with Gasteiger partial charge in [-0.15, -0.1) is 0 Å². The highest BCUT2D eigenvalue weighted by atomic mass is 16.5. The molecule has 1 heteroatoms. The van der Waals surface area contributed by atoms with E-state index < -0.39 is 0 Å². The summed E-state index contributed by atoms with van der Waals surface area (Å²) in [5, 5.41) is 0. The molecule has 114 valence electrons. The van der Waals surface area contributed by atoms with Crippen molar-refractivity contribution in [2.75, 3.05) is 7.11 Å². The first-order valence-electron chi connectivity index (χ1n) is 7.60. The quantitative estimate of drug-likeness (QED) is 0.427. The predicted octanol–water partition coefficient (Wildman–Crippen LogP) is 5.75. The second kappa shape index (κ2) is 8.51. The van der Waals surface area contributed by atoms with Crippen molar-refractivity contribution in [1.29, 1.82) is 0 Å². The Hall–Kier alpha value is -1.76. The fraction of sp³-hybridized carbons (Fsp3) is 0.400. The van der Waals surface area contributed by atoms with Crippen molar-refractivity contribution in [3.8, 4) is 0 Å². The third kappa shape index (κ3) is 6.03. The molecule has 0 aromatic rings. The van der Waals surface area contributed by atoms with Gasteiger partial charge in [0.15, 0.2) is 0 Å². The Balaban J connectivity index is 2.49. The zero-order chi connectivity index (χ0) is 15.8. The van der Waals surface area contributed by atoms with E-state index in [0.29, 0.717) is 11.7 Å². The van der Waals surface area contributed by atoms with Gasteiger partial charge >= 0.3 is 0 Å². The summed E-state index contributed by atoms with van der Waals surface area (Å²) in [5.74, 6) is 2.10. The summed E-state index contributed by atoms with van der Waals surface area (Å²) < 4.78 is 4.98. The van der Waals surface area contributed by atoms with E-state index in [0.717, 1.165) is 17.1 Å². The summed E-state index contributed by atoms with van der Waals surface area (Å²) in [4.78, 5) is 0. The van der Waals surface area contributed by atoms with Crippen LogP contribution in [0, 0.1) is 11.8 Å². The molecule has 0 saturated heterocycles. The SMILES string of the molecule is C=C(/C=C\C(=C)C(=C)/C=C\C(=C)C1CCC(C)CC1)OC. The molecule has 0 aliphatic heterocycles. The van der Waals surface area contributed by atoms with Gasteiger partial charge in [0.1, 0.15) is 5.76 Å². The molecule has 1 rings (SSSR count). The molecule has 0 atom stereocenters. The lowest BCUT2D eigenvalue weighted by Crippen LogP contribution is -2.13. The average molecular weight is 284 g/mol. The van der Waals surface area contributed by atoms with Crippen molar-refractivity contribution < 1.29 is 4.74 Å². The van der Waals surface area contributed by atoms with Gasteiger partial charge in [0.05, 0.1) is 7.11 Å². The Morgan fingerprint density at radius 2 is 1.38 bits per heavy atom. The summed E-state index contributed by atoms with van der Waals surface area (Å²) in [5.41, 5.74) is 2.95. The first-order valence-corrected chi connectivity index (χ1v) is 7.60. The van der Waals surface area contributed by atoms with Crippen molar-refractivity contribution >= 4 is 0 Å². The van der Waals surface area contributed by atoms with E-state index in [1.165, 1.54) is 31.3 Å². The maximum Gasteiger partial charge on any atom is 0.111 e. The Kier molecular flexibility index (Phi) is 7.01. The highest BCUT2D eigenvalue weighted by molar-refractivity contribution is 5.45. The summed E-state index contributed by atoms with van der Waals surface area (Å²) >= 11 is 0. The maximum absolute atomic E-state index is 4.98. The lowest BCUT2D eigenvalue weighted by atomic mass is 9.79. The van der Waals surface area contributed by atoms with Gasteiger partial charge in [-0.2, -0.15) is 0 Å². The largest absolute Gasteiger partial charge is 0.497 e. The standard InChI is InChI=1S/C20H28O/c1-15-7-13-20(14-8-15)18(4)10-9-16(2)17(3)11-12-19(5)21-6/h9-12,15,20H,2-5,7-8,13-14H2,1,6H3/b10-9-,12-11-. The Bertz CT molecular complexity index is 468. The minimum Gasteiger partial charge on any atom is -0.497 e. The van der Waals surface area contributed by atoms with E-state index in [-0.39, 0.29) is 0 Å². The second-order valence-corrected chi connectivity index (χ2v) is 5.92. The molecule has 1 nitrogen and oxygen atoms in total. The minimum atomic E-state index is 0.605. The Morgan fingerprint density at radius 3 is 1.90 bits per heavy atom. The monoisotopic (exact) mass is 284 g/mol. The van der Waals surface area contributed by atoms with Gasteiger partial charge in [0.25, 0.3) is 0 Å². The van der Waals surface area contributed by atoms with E-state index in [4.69, 9.17) is 4.74 Å². The highest BCUT2D eigenvalue weighted by Gasteiger charge is 2.19. The number of hydrogen-bond donors (Lipinski definition) is 0. The third-order valence-electron chi connectivity index (χ3n) is 4.18. The van der Waals surface area contributed by atoms with Crippen LogP contribution in [0.2, 0.25) is 0 Å². The van der Waals surface area contributed by atoms with Crippen molar-refractivity contribution in [1.82, 2.24) is 0 Å². The normalized spacial score (nSPS) is 22.4. The van der Waals surface area contributed by atoms with Crippen molar-refractivity contribution in [3.05, 3.63) is 73.1 Å². The zero-order valence-electron chi connectivity index (χ0n) is 13.5. The number of methoxy groups -OCH3 is 1. The van der Waals surface area contributed by atoms with Crippen LogP contribution in [0.1, 0.15) is 32.6 Å². The molecular formula is C20H28O. The fourth-order valence-electron chi connectivity index (χ4n) is 2.45. The summed E-state index contributed by atoms with van der Waals surface area (Å²) in [6.45, 7) is 18.3. The molecule has 0 radical (unpaired) electrons. The van der Waals surface area contributed by atoms with Crippen LogP contribution in [0.3, 0.4) is 0 Å². The van der Waals surface area contributed by atoms with Crippen molar-refractivity contribution in [3.63, 3.8) is 0 Å². The summed E-state index contributed by atoms with van der Waals surface area (Å²) in [7, 11) is 1.60. The van der Waals surface area contributed by atoms with Gasteiger partial charge in [0, 0.05) is 0 Å². The van der Waals surface area contributed by atoms with Crippen LogP contribution in [0.4, 0.5) is 0 Å². The molecule has 0 bridgehead atoms. The van der Waals surface area contributed by atoms with E-state index >= 15 is 0 Å². The molecule has 0 spiro atoms. The molecule has 1 aliphatic rings. The lowest BCUT2D eigenvalue weighted by molar-refractivity contribution is 0.309. The number of hydrogen-bond acceptors (Lipinski definition) is 1. The number of rotatable bonds is 7. The summed E-state index contributed by atoms with van der Waals surface area (Å²) in [6.07, 6.45) is 12.9. The second-order valence-electron chi connectivity index (χ2n) is 5.92. The number of allylic oxidation sites excluding steroid dienone is 7. The zero-order valence-corrected chi connectivity index (χ0v) is 13.5. The Morgan fingerprint density at radius 1 is 0.857 bits per heavy atom. The van der Waals surface area contributed by atoms with Crippen LogP contribution in [0.5, 0.6) is 0 Å². The van der Waals surface area contributed by atoms with Crippen LogP contribution in [0.25, 0.3) is 0 Å². The molecule has 21 heavy (non-hydrogen) atoms. The van der Waals surface area contributed by atoms with Gasteiger partial charge in [-0.3, -0.25) is 0 Å². The molecule has 0 amide bonds. The molecule has 1 fully saturated rings. The van der Waals surface area contributed by atoms with E-state index in [1.807, 2.05) is 12.2 Å². The lowest BCUT2D eigenvalue weighted by Gasteiger charge is -2.26. The fourth-order valence-corrected chi connectivity index (χ4v) is 2.45. The summed E-state index contributed by atoms with van der Waals surface area (Å²) in [6, 6.07) is 0. The van der Waals surface area contributed by atoms with E-state index in [2.05, 4.69) is 39.3 Å². The van der Waals surface area contributed by atoms with Crippen molar-refractivity contribution in [2.24, 2.45) is 11.8 Å². The highest BCUT2D eigenvalue weighted by Crippen LogP contribution is 2.32. The topological polar surface area (TPSA) is 9.23 Å². The van der Waals surface area contributed by atoms with Crippen LogP contribution in [0.15, 0.2) is 73.1 Å². The first-order chi connectivity index (χ1) is 9.93. The van der Waals surface area contributed by atoms with Gasteiger partial charge in [-0.05, 0) is 41.9 Å². The van der Waals surface area contributed by atoms with Gasteiger partial charge < -0.3 is 4.74 Å². The smallest absolute Gasteiger partial charge is 0.111 e. The van der Waals surface area contributed by atoms with Crippen LogP contribution in [-0.4, -0.2) is 7.11 Å². The molecule has 0 aromatic carbocycles. The van der Waals surface area contributed by atoms with E-state index in [1.54, 1.807) is 13.2 Å². The molecule has 1 aliphatic carbocycles. The van der Waals surface area contributed by atoms with Gasteiger partial charge in [-0.25, -0.2) is 0 Å². The van der Waals surface area contributed by atoms with Crippen LogP contribution in [-0.2, 0) is 4.74 Å². The van der Waals surface area contributed by atoms with Crippen molar-refractivity contribution in [2.45, 2.75) is 32.6 Å². The molecule has 0 aromatic heterocycles. The van der Waals surface area contributed by atoms with Crippen LogP contribution < -0.4 is 0 Å². The van der Waals surface area contributed by atoms with Crippen LogP contribution >= 0.6 is 0 Å². The number of ether oxygens (including phenoxy) is 1. The van der Waals surface area contributed by atoms with E-state index in [9.17, 15) is 0 Å². The molecule has 0 heterocycles. The predicted molar refractivity (Wildman–Crippen MR) is 93.0 cm³/mol. The Labute approximate surface area is 130 Å². The third-order valence-corrected chi connectivity index (χ3v) is 4.18. The molecule has 1 saturated carbocycles. The van der Waals surface area contributed by atoms with Gasteiger partial charge in [0.2, 0.25) is 0 Å². The van der Waals surface area contributed by atoms with Gasteiger partial charge in [-0.1, -0.05) is 69.9 Å². The molecule has 0 unspecified atom stereocenters. The maximum atomic E-state index is 4.98. The minimum absolute atomic E-state index is 0.605. The molecular weight excluding hydrogens is 256 g/mol.